The summed E-state index contributed by atoms with van der Waals surface area (Å²) in [5, 5.41) is 0. The normalized spacial score (nSPS) is 11.9. The zero-order chi connectivity index (χ0) is 14.1. The van der Waals surface area contributed by atoms with Crippen LogP contribution in [0.25, 0.3) is 0 Å². The van der Waals surface area contributed by atoms with Crippen molar-refractivity contribution in [3.63, 3.8) is 0 Å². The quantitative estimate of drug-likeness (QED) is 0.528. The Bertz CT molecular complexity index is 543. The number of thioether (sulfide) groups is 1. The van der Waals surface area contributed by atoms with Crippen molar-refractivity contribution in [2.24, 2.45) is 0 Å². The highest BCUT2D eigenvalue weighted by Crippen LogP contribution is 2.29. The van der Waals surface area contributed by atoms with E-state index in [1.807, 2.05) is 0 Å². The van der Waals surface area contributed by atoms with E-state index in [-0.39, 0.29) is 5.75 Å². The summed E-state index contributed by atoms with van der Waals surface area (Å²) in [6, 6.07) is 0. The molecule has 0 aliphatic carbocycles. The number of hydrogen-bond acceptors (Lipinski definition) is 3. The molecule has 0 saturated heterocycles. The number of halogens is 4. The van der Waals surface area contributed by atoms with Gasteiger partial charge in [0, 0.05) is 11.3 Å². The van der Waals surface area contributed by atoms with Crippen molar-refractivity contribution in [2.45, 2.75) is 17.6 Å². The molecule has 18 heavy (non-hydrogen) atoms. The first-order chi connectivity index (χ1) is 8.21. The lowest BCUT2D eigenvalue weighted by atomic mass is 10.2. The summed E-state index contributed by atoms with van der Waals surface area (Å²) in [6.45, 7) is 1.67. The van der Waals surface area contributed by atoms with Crippen LogP contribution >= 0.6 is 11.8 Å². The Kier molecular flexibility index (Phi) is 4.62. The maximum absolute atomic E-state index is 13.4. The molecule has 0 fully saturated rings. The summed E-state index contributed by atoms with van der Waals surface area (Å²) in [5.74, 6) is -7.79. The lowest BCUT2D eigenvalue weighted by molar-refractivity contribution is 0.397. The first-order valence-corrected chi connectivity index (χ1v) is 7.21. The van der Waals surface area contributed by atoms with E-state index in [4.69, 9.17) is 4.55 Å². The molecule has 0 aromatic heterocycles. The molecular weight excluding hydrogens is 296 g/mol. The van der Waals surface area contributed by atoms with Crippen LogP contribution in [0.5, 0.6) is 0 Å². The Morgan fingerprint density at radius 3 is 1.83 bits per heavy atom. The number of rotatable bonds is 4. The Balaban J connectivity index is 3.56. The lowest BCUT2D eigenvalue weighted by Gasteiger charge is -2.09. The second-order valence-electron chi connectivity index (χ2n) is 3.18. The molecule has 0 unspecified atom stereocenters. The zero-order valence-corrected chi connectivity index (χ0v) is 10.6. The van der Waals surface area contributed by atoms with Gasteiger partial charge in [-0.1, -0.05) is 6.92 Å². The Morgan fingerprint density at radius 2 is 1.50 bits per heavy atom. The van der Waals surface area contributed by atoms with E-state index < -0.39 is 43.8 Å². The van der Waals surface area contributed by atoms with Crippen LogP contribution in [0.15, 0.2) is 4.90 Å². The summed E-state index contributed by atoms with van der Waals surface area (Å²) in [6.07, 6.45) is 0. The van der Waals surface area contributed by atoms with E-state index in [1.54, 1.807) is 6.92 Å². The fourth-order valence-corrected chi connectivity index (χ4v) is 2.51. The summed E-state index contributed by atoms with van der Waals surface area (Å²) in [4.78, 5) is -2.01. The molecular formula is C9H8F4O3S2. The van der Waals surface area contributed by atoms with Crippen molar-refractivity contribution < 1.29 is 30.5 Å². The van der Waals surface area contributed by atoms with Gasteiger partial charge in [-0.05, 0) is 5.75 Å². The van der Waals surface area contributed by atoms with Gasteiger partial charge in [0.05, 0.1) is 0 Å². The van der Waals surface area contributed by atoms with E-state index in [1.165, 1.54) is 0 Å². The molecule has 0 heterocycles. The van der Waals surface area contributed by atoms with Gasteiger partial charge in [0.2, 0.25) is 0 Å². The van der Waals surface area contributed by atoms with E-state index in [9.17, 15) is 26.0 Å². The molecule has 1 N–H and O–H groups in total. The molecule has 1 aromatic rings. The maximum atomic E-state index is 13.4. The Morgan fingerprint density at radius 1 is 1.06 bits per heavy atom. The summed E-state index contributed by atoms with van der Waals surface area (Å²) in [5.41, 5.74) is -0.899. The highest BCUT2D eigenvalue weighted by molar-refractivity contribution is 7.98. The van der Waals surface area contributed by atoms with Crippen molar-refractivity contribution in [3.05, 3.63) is 28.8 Å². The molecule has 1 aromatic carbocycles. The van der Waals surface area contributed by atoms with Crippen molar-refractivity contribution in [2.75, 3.05) is 5.75 Å². The van der Waals surface area contributed by atoms with Gasteiger partial charge in [0.25, 0.3) is 0 Å². The van der Waals surface area contributed by atoms with Crippen LogP contribution in [0.4, 0.5) is 17.6 Å². The smallest absolute Gasteiger partial charge is 0.282 e. The van der Waals surface area contributed by atoms with Crippen LogP contribution in [0.2, 0.25) is 0 Å². The first-order valence-electron chi connectivity index (χ1n) is 4.61. The SMILES string of the molecule is CCSCc1c(F)c(F)c(S(=O)(=O)O)c(F)c1F. The predicted molar refractivity (Wildman–Crippen MR) is 57.9 cm³/mol. The van der Waals surface area contributed by atoms with Gasteiger partial charge in [-0.3, -0.25) is 4.55 Å². The minimum absolute atomic E-state index is 0.353. The molecule has 3 nitrogen and oxygen atoms in total. The molecule has 0 saturated carbocycles. The molecule has 0 aliphatic rings. The third-order valence-electron chi connectivity index (χ3n) is 2.02. The van der Waals surface area contributed by atoms with E-state index in [0.717, 1.165) is 11.8 Å². The van der Waals surface area contributed by atoms with Crippen molar-refractivity contribution in [1.82, 2.24) is 0 Å². The molecule has 9 heteroatoms. The van der Waals surface area contributed by atoms with Gasteiger partial charge in [-0.25, -0.2) is 17.6 Å². The summed E-state index contributed by atoms with van der Waals surface area (Å²) < 4.78 is 83.2. The molecule has 102 valence electrons. The number of benzene rings is 1. The molecule has 0 radical (unpaired) electrons. The third-order valence-corrected chi connectivity index (χ3v) is 3.80. The van der Waals surface area contributed by atoms with Crippen molar-refractivity contribution in [3.8, 4) is 0 Å². The fourth-order valence-electron chi connectivity index (χ4n) is 1.21. The third kappa shape index (κ3) is 2.78. The molecule has 0 aliphatic heterocycles. The van der Waals surface area contributed by atoms with E-state index in [0.29, 0.717) is 5.75 Å². The van der Waals surface area contributed by atoms with Crippen LogP contribution in [0.3, 0.4) is 0 Å². The number of hydrogen-bond donors (Lipinski definition) is 1. The van der Waals surface area contributed by atoms with Gasteiger partial charge < -0.3 is 0 Å². The van der Waals surface area contributed by atoms with Gasteiger partial charge in [0.15, 0.2) is 28.2 Å². The van der Waals surface area contributed by atoms with E-state index in [2.05, 4.69) is 0 Å². The molecule has 0 amide bonds. The van der Waals surface area contributed by atoms with Crippen LogP contribution in [-0.4, -0.2) is 18.7 Å². The summed E-state index contributed by atoms with van der Waals surface area (Å²) >= 11 is 0.995. The Hall–Kier alpha value is -0.800. The topological polar surface area (TPSA) is 54.4 Å². The second kappa shape index (κ2) is 5.45. The van der Waals surface area contributed by atoms with Gasteiger partial charge in [0.1, 0.15) is 0 Å². The van der Waals surface area contributed by atoms with Crippen LogP contribution in [0.1, 0.15) is 12.5 Å². The van der Waals surface area contributed by atoms with Crippen molar-refractivity contribution in [1.29, 1.82) is 0 Å². The second-order valence-corrected chi connectivity index (χ2v) is 5.81. The monoisotopic (exact) mass is 304 g/mol. The zero-order valence-electron chi connectivity index (χ0n) is 9.01. The van der Waals surface area contributed by atoms with Crippen LogP contribution in [0, 0.1) is 23.3 Å². The molecule has 0 spiro atoms. The van der Waals surface area contributed by atoms with Crippen LogP contribution < -0.4 is 0 Å². The minimum Gasteiger partial charge on any atom is -0.282 e. The van der Waals surface area contributed by atoms with Crippen LogP contribution in [-0.2, 0) is 15.9 Å². The first kappa shape index (κ1) is 15.3. The molecule has 1 rings (SSSR count). The average molecular weight is 304 g/mol. The highest BCUT2D eigenvalue weighted by atomic mass is 32.2. The van der Waals surface area contributed by atoms with Gasteiger partial charge in [-0.15, -0.1) is 0 Å². The molecule has 0 bridgehead atoms. The standard InChI is InChI=1S/C9H8F4O3S2/c1-2-17-3-4-5(10)7(12)9(18(14,15)16)8(13)6(4)11/h2-3H2,1H3,(H,14,15,16). The van der Waals surface area contributed by atoms with Gasteiger partial charge in [-0.2, -0.15) is 20.2 Å². The molecule has 0 atom stereocenters. The predicted octanol–water partition coefficient (Wildman–Crippen LogP) is 2.74. The maximum Gasteiger partial charge on any atom is 0.300 e. The van der Waals surface area contributed by atoms with Crippen molar-refractivity contribution >= 4 is 21.9 Å². The highest BCUT2D eigenvalue weighted by Gasteiger charge is 2.31. The fraction of sp³-hybridized carbons (Fsp3) is 0.333. The van der Waals surface area contributed by atoms with Gasteiger partial charge >= 0.3 is 10.1 Å². The average Bonchev–Trinajstić information content (AvgIpc) is 2.25. The largest absolute Gasteiger partial charge is 0.300 e. The van der Waals surface area contributed by atoms with E-state index >= 15 is 0 Å². The lowest BCUT2D eigenvalue weighted by Crippen LogP contribution is -2.12. The summed E-state index contributed by atoms with van der Waals surface area (Å²) in [7, 11) is -5.38. The minimum atomic E-state index is -5.38. The Labute approximate surface area is 105 Å².